The van der Waals surface area contributed by atoms with Gasteiger partial charge in [0.05, 0.1) is 6.61 Å². The highest BCUT2D eigenvalue weighted by Gasteiger charge is 2.26. The summed E-state index contributed by atoms with van der Waals surface area (Å²) >= 11 is 0. The van der Waals surface area contributed by atoms with E-state index in [1.807, 2.05) is 0 Å². The molecule has 0 aliphatic rings. The highest BCUT2D eigenvalue weighted by Crippen LogP contribution is 2.33. The Balaban J connectivity index is 4.27. The van der Waals surface area contributed by atoms with Crippen molar-refractivity contribution in [3.05, 3.63) is 0 Å². The van der Waals surface area contributed by atoms with Gasteiger partial charge in [-0.25, -0.2) is 12.8 Å². The zero-order valence-electron chi connectivity index (χ0n) is 6.20. The molecule has 4 nitrogen and oxygen atoms in total. The maximum absolute atomic E-state index is 12.5. The quantitative estimate of drug-likeness (QED) is 0.635. The minimum Gasteiger partial charge on any atom is -0.328 e. The fourth-order valence-electron chi connectivity index (χ4n) is 0.383. The lowest BCUT2D eigenvalue weighted by Crippen LogP contribution is -2.10. The van der Waals surface area contributed by atoms with E-state index in [2.05, 4.69) is 4.52 Å². The molecule has 0 rings (SSSR count). The predicted octanol–water partition coefficient (Wildman–Crippen LogP) is 0.795. The van der Waals surface area contributed by atoms with Crippen molar-refractivity contribution in [2.75, 3.05) is 12.9 Å². The number of alkyl halides is 1. The first-order valence-corrected chi connectivity index (χ1v) is 6.24. The molecule has 0 N–H and O–H groups in total. The van der Waals surface area contributed by atoms with Crippen molar-refractivity contribution in [3.63, 3.8) is 0 Å². The molecule has 0 spiro atoms. The average Bonchev–Trinajstić information content (AvgIpc) is 1.85. The summed E-state index contributed by atoms with van der Waals surface area (Å²) in [5, 5.41) is -2.37. The van der Waals surface area contributed by atoms with Gasteiger partial charge in [-0.1, -0.05) is 0 Å². The lowest BCUT2D eigenvalue weighted by molar-refractivity contribution is 0.330. The first-order chi connectivity index (χ1) is 4.89. The van der Waals surface area contributed by atoms with Crippen molar-refractivity contribution < 1.29 is 21.9 Å². The molecule has 7 heteroatoms. The maximum Gasteiger partial charge on any atom is 0.272 e. The van der Waals surface area contributed by atoms with Gasteiger partial charge in [-0.15, -0.1) is 0 Å². The van der Waals surface area contributed by atoms with Crippen LogP contribution in [-0.2, 0) is 18.9 Å². The third kappa shape index (κ3) is 3.84. The first-order valence-electron chi connectivity index (χ1n) is 2.89. The monoisotopic (exact) mass is 204 g/mol. The van der Waals surface area contributed by atoms with E-state index in [1.54, 1.807) is 0 Å². The van der Waals surface area contributed by atoms with Crippen LogP contribution in [0, 0.1) is 0 Å². The molecule has 0 aliphatic heterocycles. The molecule has 0 aliphatic carbocycles. The molecule has 0 aromatic carbocycles. The maximum atomic E-state index is 12.5. The second kappa shape index (κ2) is 4.18. The normalized spacial score (nSPS) is 17.7. The first kappa shape index (κ1) is 11.1. The van der Waals surface area contributed by atoms with Crippen molar-refractivity contribution in [2.24, 2.45) is 0 Å². The molecule has 0 amide bonds. The molecule has 0 bridgehead atoms. The Kier molecular flexibility index (Phi) is 4.21. The molecule has 2 atom stereocenters. The van der Waals surface area contributed by atoms with Gasteiger partial charge in [-0.05, 0) is 6.92 Å². The SMILES string of the molecule is CCO[PH](=O)C(F)S(C)(=O)=O. The summed E-state index contributed by atoms with van der Waals surface area (Å²) in [6.45, 7) is 1.56. The second-order valence-electron chi connectivity index (χ2n) is 1.90. The van der Waals surface area contributed by atoms with Crippen LogP contribution < -0.4 is 0 Å². The summed E-state index contributed by atoms with van der Waals surface area (Å²) in [7, 11) is -6.96. The molecule has 0 aromatic rings. The number of hydrogen-bond acceptors (Lipinski definition) is 4. The zero-order chi connectivity index (χ0) is 9.07. The van der Waals surface area contributed by atoms with Crippen molar-refractivity contribution >= 4 is 17.9 Å². The minimum absolute atomic E-state index is 0.0493. The van der Waals surface area contributed by atoms with Gasteiger partial charge in [0, 0.05) is 6.26 Å². The standard InChI is InChI=1S/C4H10FO4PS/c1-3-9-10(6)4(5)11(2,7)8/h4,10H,3H2,1-2H3. The van der Waals surface area contributed by atoms with Crippen LogP contribution in [0.1, 0.15) is 6.92 Å². The molecular weight excluding hydrogens is 194 g/mol. The molecule has 0 aromatic heterocycles. The predicted molar refractivity (Wildman–Crippen MR) is 40.4 cm³/mol. The number of halogens is 1. The topological polar surface area (TPSA) is 60.4 Å². The van der Waals surface area contributed by atoms with Crippen LogP contribution >= 0.6 is 8.03 Å². The van der Waals surface area contributed by atoms with E-state index >= 15 is 0 Å². The van der Waals surface area contributed by atoms with Gasteiger partial charge < -0.3 is 4.52 Å². The van der Waals surface area contributed by atoms with E-state index in [0.29, 0.717) is 6.26 Å². The van der Waals surface area contributed by atoms with Crippen molar-refractivity contribution in [2.45, 2.75) is 12.2 Å². The van der Waals surface area contributed by atoms with Gasteiger partial charge in [0.15, 0.2) is 9.84 Å². The van der Waals surface area contributed by atoms with E-state index < -0.39 is 23.1 Å². The van der Waals surface area contributed by atoms with E-state index in [9.17, 15) is 17.4 Å². The zero-order valence-corrected chi connectivity index (χ0v) is 8.02. The minimum atomic E-state index is -3.88. The third-order valence-electron chi connectivity index (χ3n) is 0.848. The van der Waals surface area contributed by atoms with Gasteiger partial charge in [-0.2, -0.15) is 0 Å². The molecule has 68 valence electrons. The molecule has 0 saturated carbocycles. The Bertz CT molecular complexity index is 236. The van der Waals surface area contributed by atoms with Crippen LogP contribution in [-0.4, -0.2) is 26.5 Å². The number of hydrogen-bond donors (Lipinski definition) is 0. The third-order valence-corrected chi connectivity index (χ3v) is 4.41. The lowest BCUT2D eigenvalue weighted by atomic mass is 10.9. The van der Waals surface area contributed by atoms with Gasteiger partial charge in [0.2, 0.25) is 8.03 Å². The molecule has 0 fully saturated rings. The Labute approximate surface area is 65.5 Å². The Morgan fingerprint density at radius 3 is 2.36 bits per heavy atom. The summed E-state index contributed by atoms with van der Waals surface area (Å²) in [5.74, 6) is 0. The van der Waals surface area contributed by atoms with Gasteiger partial charge in [0.25, 0.3) is 5.24 Å². The van der Waals surface area contributed by atoms with E-state index in [1.165, 1.54) is 6.92 Å². The van der Waals surface area contributed by atoms with Gasteiger partial charge >= 0.3 is 0 Å². The van der Waals surface area contributed by atoms with Crippen LogP contribution in [0.2, 0.25) is 0 Å². The van der Waals surface area contributed by atoms with Crippen molar-refractivity contribution in [3.8, 4) is 0 Å². The van der Waals surface area contributed by atoms with Crippen LogP contribution in [0.3, 0.4) is 0 Å². The van der Waals surface area contributed by atoms with Crippen molar-refractivity contribution in [1.82, 2.24) is 0 Å². The molecule has 11 heavy (non-hydrogen) atoms. The summed E-state index contributed by atoms with van der Waals surface area (Å²) in [4.78, 5) is 0. The van der Waals surface area contributed by atoms with E-state index in [0.717, 1.165) is 0 Å². The fraction of sp³-hybridized carbons (Fsp3) is 1.00. The summed E-state index contributed by atoms with van der Waals surface area (Å²) in [5.41, 5.74) is 0. The number of sulfone groups is 1. The van der Waals surface area contributed by atoms with Crippen LogP contribution in [0.25, 0.3) is 0 Å². The fourth-order valence-corrected chi connectivity index (χ4v) is 2.40. The largest absolute Gasteiger partial charge is 0.328 e. The Morgan fingerprint density at radius 1 is 1.64 bits per heavy atom. The van der Waals surface area contributed by atoms with Gasteiger partial charge in [-0.3, -0.25) is 4.57 Å². The molecule has 0 saturated heterocycles. The number of rotatable bonds is 4. The van der Waals surface area contributed by atoms with Gasteiger partial charge in [0.1, 0.15) is 0 Å². The molecule has 0 radical (unpaired) electrons. The lowest BCUT2D eigenvalue weighted by Gasteiger charge is -2.04. The summed E-state index contributed by atoms with van der Waals surface area (Å²) in [6.07, 6.45) is 0.680. The summed E-state index contributed by atoms with van der Waals surface area (Å²) < 4.78 is 48.3. The Morgan fingerprint density at radius 2 is 2.09 bits per heavy atom. The van der Waals surface area contributed by atoms with Crippen LogP contribution in [0.5, 0.6) is 0 Å². The van der Waals surface area contributed by atoms with Crippen LogP contribution in [0.15, 0.2) is 0 Å². The van der Waals surface area contributed by atoms with E-state index in [4.69, 9.17) is 0 Å². The highest BCUT2D eigenvalue weighted by molar-refractivity contribution is 7.96. The Hall–Kier alpha value is 0.0700. The second-order valence-corrected chi connectivity index (χ2v) is 5.82. The van der Waals surface area contributed by atoms with Crippen LogP contribution in [0.4, 0.5) is 4.39 Å². The highest BCUT2D eigenvalue weighted by atomic mass is 32.2. The molecule has 2 unspecified atom stereocenters. The molecule has 0 heterocycles. The van der Waals surface area contributed by atoms with Crippen molar-refractivity contribution in [1.29, 1.82) is 0 Å². The smallest absolute Gasteiger partial charge is 0.272 e. The van der Waals surface area contributed by atoms with E-state index in [-0.39, 0.29) is 6.61 Å². The molecular formula is C4H10FO4PS. The summed E-state index contributed by atoms with van der Waals surface area (Å²) in [6, 6.07) is 0. The average molecular weight is 204 g/mol.